The Kier molecular flexibility index (Phi) is 6.24. The van der Waals surface area contributed by atoms with Gasteiger partial charge in [-0.05, 0) is 49.3 Å². The van der Waals surface area contributed by atoms with Crippen molar-refractivity contribution in [2.75, 3.05) is 30.5 Å². The van der Waals surface area contributed by atoms with Crippen LogP contribution < -0.4 is 10.1 Å². The lowest BCUT2D eigenvalue weighted by Gasteiger charge is -2.31. The number of nitrogens with zero attached hydrogens (tertiary/aromatic N) is 1. The molecule has 0 aromatic heterocycles. The van der Waals surface area contributed by atoms with Crippen LogP contribution in [0.2, 0.25) is 0 Å². The van der Waals surface area contributed by atoms with Crippen molar-refractivity contribution in [2.45, 2.75) is 32.2 Å². The van der Waals surface area contributed by atoms with E-state index in [1.54, 1.807) is 7.11 Å². The smallest absolute Gasteiger partial charge is 0.173 e. The van der Waals surface area contributed by atoms with Crippen LogP contribution in [0.15, 0.2) is 24.3 Å². The zero-order valence-corrected chi connectivity index (χ0v) is 15.3. The van der Waals surface area contributed by atoms with Gasteiger partial charge in [0.05, 0.1) is 18.6 Å². The molecule has 1 heterocycles. The molecule has 23 heavy (non-hydrogen) atoms. The van der Waals surface area contributed by atoms with Gasteiger partial charge in [-0.3, -0.25) is 0 Å². The number of hydrogen-bond donors (Lipinski definition) is 1. The number of benzene rings is 1. The monoisotopic (exact) mass is 356 g/mol. The topological polar surface area (TPSA) is 58.6 Å². The van der Waals surface area contributed by atoms with E-state index in [1.807, 2.05) is 29.2 Å². The van der Waals surface area contributed by atoms with Crippen molar-refractivity contribution in [3.05, 3.63) is 24.3 Å². The average Bonchev–Trinajstić information content (AvgIpc) is 2.88. The first-order chi connectivity index (χ1) is 10.9. The number of ether oxygens (including phenoxy) is 1. The van der Waals surface area contributed by atoms with Crippen LogP contribution in [0, 0.1) is 0 Å². The van der Waals surface area contributed by atoms with Gasteiger partial charge < -0.3 is 15.0 Å². The van der Waals surface area contributed by atoms with Crippen LogP contribution in [0.4, 0.5) is 5.69 Å². The number of thiocarbonyl (C=S) groups is 1. The van der Waals surface area contributed by atoms with Gasteiger partial charge >= 0.3 is 0 Å². The van der Waals surface area contributed by atoms with E-state index in [1.165, 1.54) is 0 Å². The fourth-order valence-corrected chi connectivity index (χ4v) is 4.76. The molecule has 1 aliphatic rings. The molecule has 1 aromatic rings. The number of nitrogens with one attached hydrogen (secondary N) is 1. The molecule has 0 radical (unpaired) electrons. The Labute approximate surface area is 143 Å². The Hall–Kier alpha value is -1.34. The molecule has 0 bridgehead atoms. The Bertz CT molecular complexity index is 629. The van der Waals surface area contributed by atoms with Crippen LogP contribution in [-0.2, 0) is 9.84 Å². The molecule has 0 spiro atoms. The lowest BCUT2D eigenvalue weighted by atomic mass is 10.2. The highest BCUT2D eigenvalue weighted by Gasteiger charge is 2.33. The minimum Gasteiger partial charge on any atom is -0.497 e. The SMILES string of the molecule is CCCCN(C(=S)Nc1ccc(OC)cc1)[C@H]1CCS(=O)(=O)C1. The summed E-state index contributed by atoms with van der Waals surface area (Å²) < 4.78 is 28.7. The van der Waals surface area contributed by atoms with Gasteiger partial charge in [0.25, 0.3) is 0 Å². The molecular weight excluding hydrogens is 332 g/mol. The van der Waals surface area contributed by atoms with Crippen LogP contribution in [0.25, 0.3) is 0 Å². The van der Waals surface area contributed by atoms with E-state index in [0.717, 1.165) is 30.8 Å². The standard InChI is InChI=1S/C16H24N2O3S2/c1-3-4-10-18(14-9-11-23(19,20)12-14)16(22)17-13-5-7-15(21-2)8-6-13/h5-8,14H,3-4,9-12H2,1-2H3,(H,17,22)/t14-/m0/s1. The van der Waals surface area contributed by atoms with Gasteiger partial charge in [0, 0.05) is 18.3 Å². The van der Waals surface area contributed by atoms with E-state index >= 15 is 0 Å². The predicted molar refractivity (Wildman–Crippen MR) is 97.9 cm³/mol. The number of sulfone groups is 1. The minimum atomic E-state index is -2.93. The van der Waals surface area contributed by atoms with Crippen LogP contribution in [-0.4, -0.2) is 49.6 Å². The molecule has 1 atom stereocenters. The molecule has 1 aliphatic heterocycles. The summed E-state index contributed by atoms with van der Waals surface area (Å²) in [7, 11) is -1.30. The first-order valence-corrected chi connectivity index (χ1v) is 10.1. The highest BCUT2D eigenvalue weighted by molar-refractivity contribution is 7.91. The summed E-state index contributed by atoms with van der Waals surface area (Å²) >= 11 is 5.53. The number of anilines is 1. The molecule has 0 aliphatic carbocycles. The Morgan fingerprint density at radius 1 is 1.39 bits per heavy atom. The fraction of sp³-hybridized carbons (Fsp3) is 0.562. The molecule has 7 heteroatoms. The van der Waals surface area contributed by atoms with E-state index in [-0.39, 0.29) is 17.5 Å². The van der Waals surface area contributed by atoms with E-state index < -0.39 is 9.84 Å². The van der Waals surface area contributed by atoms with Crippen molar-refractivity contribution in [3.63, 3.8) is 0 Å². The maximum absolute atomic E-state index is 11.8. The Balaban J connectivity index is 2.06. The molecule has 0 saturated carbocycles. The second kappa shape index (κ2) is 7.97. The quantitative estimate of drug-likeness (QED) is 0.791. The third-order valence-corrected chi connectivity index (χ3v) is 6.09. The van der Waals surface area contributed by atoms with Gasteiger partial charge in [0.1, 0.15) is 5.75 Å². The number of rotatable bonds is 6. The Morgan fingerprint density at radius 2 is 2.09 bits per heavy atom. The van der Waals surface area contributed by atoms with Crippen molar-refractivity contribution in [3.8, 4) is 5.75 Å². The van der Waals surface area contributed by atoms with Gasteiger partial charge in [-0.25, -0.2) is 8.42 Å². The summed E-state index contributed by atoms with van der Waals surface area (Å²) in [6, 6.07) is 7.50. The zero-order chi connectivity index (χ0) is 16.9. The third-order valence-electron chi connectivity index (χ3n) is 4.00. The lowest BCUT2D eigenvalue weighted by Crippen LogP contribution is -2.44. The zero-order valence-electron chi connectivity index (χ0n) is 13.6. The molecule has 0 unspecified atom stereocenters. The van der Waals surface area contributed by atoms with Gasteiger partial charge in [-0.1, -0.05) is 13.3 Å². The predicted octanol–water partition coefficient (Wildman–Crippen LogP) is 2.68. The van der Waals surface area contributed by atoms with E-state index in [9.17, 15) is 8.42 Å². The second-order valence-corrected chi connectivity index (χ2v) is 8.38. The van der Waals surface area contributed by atoms with Crippen molar-refractivity contribution in [1.82, 2.24) is 4.90 Å². The average molecular weight is 357 g/mol. The largest absolute Gasteiger partial charge is 0.497 e. The van der Waals surface area contributed by atoms with E-state index in [0.29, 0.717) is 11.5 Å². The fourth-order valence-electron chi connectivity index (χ4n) is 2.67. The van der Waals surface area contributed by atoms with Crippen molar-refractivity contribution in [1.29, 1.82) is 0 Å². The molecule has 2 rings (SSSR count). The van der Waals surface area contributed by atoms with Gasteiger partial charge in [-0.15, -0.1) is 0 Å². The summed E-state index contributed by atoms with van der Waals surface area (Å²) in [6.07, 6.45) is 2.68. The summed E-state index contributed by atoms with van der Waals surface area (Å²) in [5.41, 5.74) is 0.873. The van der Waals surface area contributed by atoms with Crippen LogP contribution in [0.3, 0.4) is 0 Å². The summed E-state index contributed by atoms with van der Waals surface area (Å²) in [5.74, 6) is 1.23. The van der Waals surface area contributed by atoms with Crippen LogP contribution in [0.1, 0.15) is 26.2 Å². The van der Waals surface area contributed by atoms with Crippen molar-refractivity contribution < 1.29 is 13.2 Å². The maximum atomic E-state index is 11.8. The first-order valence-electron chi connectivity index (χ1n) is 7.87. The maximum Gasteiger partial charge on any atom is 0.173 e. The van der Waals surface area contributed by atoms with Crippen LogP contribution >= 0.6 is 12.2 Å². The second-order valence-electron chi connectivity index (χ2n) is 5.76. The molecule has 1 aromatic carbocycles. The summed E-state index contributed by atoms with van der Waals surface area (Å²) in [5, 5.41) is 3.80. The molecule has 1 fully saturated rings. The normalized spacial score (nSPS) is 19.3. The molecule has 1 saturated heterocycles. The van der Waals surface area contributed by atoms with E-state index in [2.05, 4.69) is 12.2 Å². The highest BCUT2D eigenvalue weighted by Crippen LogP contribution is 2.21. The van der Waals surface area contributed by atoms with Crippen LogP contribution in [0.5, 0.6) is 5.75 Å². The molecule has 128 valence electrons. The minimum absolute atomic E-state index is 0.0233. The number of hydrogen-bond acceptors (Lipinski definition) is 4. The van der Waals surface area contributed by atoms with Gasteiger partial charge in [-0.2, -0.15) is 0 Å². The van der Waals surface area contributed by atoms with Gasteiger partial charge in [0.15, 0.2) is 14.9 Å². The summed E-state index contributed by atoms with van der Waals surface area (Å²) in [6.45, 7) is 2.89. The van der Waals surface area contributed by atoms with Gasteiger partial charge in [0.2, 0.25) is 0 Å². The number of methoxy groups -OCH3 is 1. The lowest BCUT2D eigenvalue weighted by molar-refractivity contribution is 0.333. The van der Waals surface area contributed by atoms with E-state index in [4.69, 9.17) is 17.0 Å². The first kappa shape index (κ1) is 18.0. The molecule has 0 amide bonds. The number of unbranched alkanes of at least 4 members (excludes halogenated alkanes) is 1. The Morgan fingerprint density at radius 3 is 2.61 bits per heavy atom. The summed E-state index contributed by atoms with van der Waals surface area (Å²) in [4.78, 5) is 2.04. The highest BCUT2D eigenvalue weighted by atomic mass is 32.2. The van der Waals surface area contributed by atoms with Crippen molar-refractivity contribution in [2.24, 2.45) is 0 Å². The van der Waals surface area contributed by atoms with Crippen molar-refractivity contribution >= 4 is 32.9 Å². The molecule has 5 nitrogen and oxygen atoms in total. The molecular formula is C16H24N2O3S2. The third kappa shape index (κ3) is 5.07. The molecule has 1 N–H and O–H groups in total.